The molecule has 3 aliphatic rings. The average Bonchev–Trinajstić information content (AvgIpc) is 3.10. The minimum Gasteiger partial charge on any atom is -0.465 e. The molecule has 196 valence electrons. The summed E-state index contributed by atoms with van der Waals surface area (Å²) in [6.07, 6.45) is 3.37. The van der Waals surface area contributed by atoms with Crippen LogP contribution in [-0.2, 0) is 21.5 Å². The molecule has 5 rings (SSSR count). The van der Waals surface area contributed by atoms with Gasteiger partial charge in [-0.3, -0.25) is 14.5 Å². The first-order valence-corrected chi connectivity index (χ1v) is 13.4. The van der Waals surface area contributed by atoms with E-state index in [1.807, 2.05) is 29.2 Å². The number of likely N-dealkylation sites (tertiary alicyclic amines) is 1. The fourth-order valence-electron chi connectivity index (χ4n) is 5.76. The standard InChI is InChI=1S/C27H30Cl2N4O4/c28-18-4-1-3-17(13-18)15-27(22-8-7-19(29)14-23(22)31-25(27)35)33(16-24(34)30-20-5-2-6-20)21-9-11-32(12-10-21)26(36)37/h1,3-4,7-8,13-14,20-21H,2,5-6,9-12,15-16H2,(H,30,34)(H,31,35)(H,36,37). The van der Waals surface area contributed by atoms with E-state index in [2.05, 4.69) is 10.6 Å². The number of fused-ring (bicyclic) bond motifs is 1. The van der Waals surface area contributed by atoms with Crippen LogP contribution in [0.2, 0.25) is 10.0 Å². The Morgan fingerprint density at radius 3 is 2.46 bits per heavy atom. The van der Waals surface area contributed by atoms with E-state index in [0.29, 0.717) is 48.1 Å². The van der Waals surface area contributed by atoms with Crippen molar-refractivity contribution in [2.75, 3.05) is 25.0 Å². The predicted octanol–water partition coefficient (Wildman–Crippen LogP) is 4.50. The lowest BCUT2D eigenvalue weighted by Gasteiger charge is -2.47. The van der Waals surface area contributed by atoms with Crippen molar-refractivity contribution in [3.8, 4) is 0 Å². The van der Waals surface area contributed by atoms with Crippen molar-refractivity contribution >= 4 is 46.8 Å². The van der Waals surface area contributed by atoms with Gasteiger partial charge in [-0.05, 0) is 61.9 Å². The highest BCUT2D eigenvalue weighted by molar-refractivity contribution is 6.31. The van der Waals surface area contributed by atoms with Crippen LogP contribution < -0.4 is 10.6 Å². The number of hydrogen-bond acceptors (Lipinski definition) is 4. The first-order valence-electron chi connectivity index (χ1n) is 12.7. The maximum absolute atomic E-state index is 14.0. The topological polar surface area (TPSA) is 102 Å². The number of carboxylic acid groups (broad SMARTS) is 1. The van der Waals surface area contributed by atoms with Gasteiger partial charge in [-0.1, -0.05) is 41.4 Å². The van der Waals surface area contributed by atoms with Gasteiger partial charge in [0.2, 0.25) is 11.8 Å². The van der Waals surface area contributed by atoms with Crippen LogP contribution in [0.4, 0.5) is 10.5 Å². The summed E-state index contributed by atoms with van der Waals surface area (Å²) in [6.45, 7) is 0.691. The van der Waals surface area contributed by atoms with Crippen molar-refractivity contribution in [1.29, 1.82) is 0 Å². The summed E-state index contributed by atoms with van der Waals surface area (Å²) in [5, 5.41) is 16.7. The SMILES string of the molecule is O=C(CN(C1CCN(C(=O)O)CC1)C1(Cc2cccc(Cl)c2)C(=O)Nc2cc(Cl)ccc21)NC1CCC1. The van der Waals surface area contributed by atoms with Gasteiger partial charge >= 0.3 is 6.09 Å². The van der Waals surface area contributed by atoms with E-state index in [0.717, 1.165) is 30.4 Å². The highest BCUT2D eigenvalue weighted by Gasteiger charge is 2.54. The lowest BCUT2D eigenvalue weighted by Crippen LogP contribution is -2.61. The summed E-state index contributed by atoms with van der Waals surface area (Å²) in [7, 11) is 0. The van der Waals surface area contributed by atoms with Crippen LogP contribution in [0.5, 0.6) is 0 Å². The molecule has 10 heteroatoms. The van der Waals surface area contributed by atoms with Crippen LogP contribution in [0.3, 0.4) is 0 Å². The van der Waals surface area contributed by atoms with Crippen LogP contribution in [0.25, 0.3) is 0 Å². The molecule has 1 saturated carbocycles. The number of anilines is 1. The Kier molecular flexibility index (Phi) is 7.34. The van der Waals surface area contributed by atoms with Crippen LogP contribution in [0, 0.1) is 0 Å². The van der Waals surface area contributed by atoms with E-state index in [1.54, 1.807) is 18.2 Å². The average molecular weight is 545 g/mol. The van der Waals surface area contributed by atoms with Gasteiger partial charge in [0.05, 0.1) is 6.54 Å². The zero-order chi connectivity index (χ0) is 26.2. The lowest BCUT2D eigenvalue weighted by molar-refractivity contribution is -0.135. The van der Waals surface area contributed by atoms with Gasteiger partial charge < -0.3 is 20.6 Å². The zero-order valence-corrected chi connectivity index (χ0v) is 21.9. The van der Waals surface area contributed by atoms with Crippen LogP contribution >= 0.6 is 23.2 Å². The third kappa shape index (κ3) is 5.15. The Bertz CT molecular complexity index is 1210. The first kappa shape index (κ1) is 25.8. The number of piperidine rings is 1. The van der Waals surface area contributed by atoms with E-state index in [-0.39, 0.29) is 30.4 Å². The Morgan fingerprint density at radius 1 is 1.08 bits per heavy atom. The number of carbonyl (C=O) groups is 3. The molecule has 2 aliphatic heterocycles. The first-order chi connectivity index (χ1) is 17.8. The van der Waals surface area contributed by atoms with Crippen molar-refractivity contribution < 1.29 is 19.5 Å². The molecular formula is C27H30Cl2N4O4. The van der Waals surface area contributed by atoms with Crippen molar-refractivity contribution in [2.24, 2.45) is 0 Å². The van der Waals surface area contributed by atoms with E-state index < -0.39 is 11.6 Å². The summed E-state index contributed by atoms with van der Waals surface area (Å²) >= 11 is 12.6. The highest BCUT2D eigenvalue weighted by Crippen LogP contribution is 2.46. The van der Waals surface area contributed by atoms with Gasteiger partial charge in [-0.25, -0.2) is 4.79 Å². The van der Waals surface area contributed by atoms with Crippen molar-refractivity contribution in [2.45, 2.75) is 56.1 Å². The largest absolute Gasteiger partial charge is 0.465 e. The third-order valence-electron chi connectivity index (χ3n) is 7.85. The van der Waals surface area contributed by atoms with Gasteiger partial charge in [-0.2, -0.15) is 0 Å². The Morgan fingerprint density at radius 2 is 1.81 bits per heavy atom. The molecule has 0 aromatic heterocycles. The molecule has 2 heterocycles. The number of rotatable bonds is 7. The Hall–Kier alpha value is -2.81. The molecule has 0 spiro atoms. The predicted molar refractivity (Wildman–Crippen MR) is 142 cm³/mol. The second-order valence-electron chi connectivity index (χ2n) is 10.1. The van der Waals surface area contributed by atoms with Crippen LogP contribution in [0.1, 0.15) is 43.2 Å². The molecule has 0 bridgehead atoms. The van der Waals surface area contributed by atoms with Crippen molar-refractivity contribution in [3.63, 3.8) is 0 Å². The van der Waals surface area contributed by atoms with Crippen molar-refractivity contribution in [1.82, 2.24) is 15.1 Å². The molecule has 0 radical (unpaired) electrons. The van der Waals surface area contributed by atoms with Gasteiger partial charge in [0, 0.05) is 52.9 Å². The second kappa shape index (κ2) is 10.5. The number of carbonyl (C=O) groups excluding carboxylic acids is 2. The summed E-state index contributed by atoms with van der Waals surface area (Å²) < 4.78 is 0. The second-order valence-corrected chi connectivity index (χ2v) is 11.0. The Balaban J connectivity index is 1.58. The summed E-state index contributed by atoms with van der Waals surface area (Å²) in [5.41, 5.74) is 1.03. The molecule has 2 aromatic carbocycles. The highest BCUT2D eigenvalue weighted by atomic mass is 35.5. The minimum atomic E-state index is -1.20. The number of nitrogens with zero attached hydrogens (tertiary/aromatic N) is 2. The van der Waals surface area contributed by atoms with Crippen LogP contribution in [0.15, 0.2) is 42.5 Å². The smallest absolute Gasteiger partial charge is 0.407 e. The third-order valence-corrected chi connectivity index (χ3v) is 8.32. The summed E-state index contributed by atoms with van der Waals surface area (Å²) in [5.74, 6) is -0.368. The van der Waals surface area contributed by atoms with E-state index in [9.17, 15) is 19.5 Å². The molecule has 3 N–H and O–H groups in total. The molecule has 2 fully saturated rings. The molecule has 1 saturated heterocycles. The normalized spacial score (nSPS) is 21.9. The fraction of sp³-hybridized carbons (Fsp3) is 0.444. The number of benzene rings is 2. The molecule has 2 aromatic rings. The van der Waals surface area contributed by atoms with Crippen LogP contribution in [-0.4, -0.2) is 64.5 Å². The molecule has 1 unspecified atom stereocenters. The minimum absolute atomic E-state index is 0.0181. The number of halogens is 2. The zero-order valence-electron chi connectivity index (χ0n) is 20.4. The molecule has 1 atom stereocenters. The van der Waals surface area contributed by atoms with Crippen molar-refractivity contribution in [3.05, 3.63) is 63.6 Å². The number of hydrogen-bond donors (Lipinski definition) is 3. The molecule has 37 heavy (non-hydrogen) atoms. The molecule has 1 aliphatic carbocycles. The molecule has 3 amide bonds. The van der Waals surface area contributed by atoms with E-state index in [1.165, 1.54) is 4.90 Å². The maximum atomic E-state index is 14.0. The summed E-state index contributed by atoms with van der Waals surface area (Å²) in [6, 6.07) is 12.7. The van der Waals surface area contributed by atoms with E-state index >= 15 is 0 Å². The lowest BCUT2D eigenvalue weighted by atomic mass is 9.80. The van der Waals surface area contributed by atoms with Gasteiger partial charge in [0.1, 0.15) is 5.54 Å². The number of nitrogens with one attached hydrogen (secondary N) is 2. The monoisotopic (exact) mass is 544 g/mol. The van der Waals surface area contributed by atoms with Gasteiger partial charge in [0.15, 0.2) is 0 Å². The quantitative estimate of drug-likeness (QED) is 0.476. The number of amides is 3. The maximum Gasteiger partial charge on any atom is 0.407 e. The summed E-state index contributed by atoms with van der Waals surface area (Å²) in [4.78, 5) is 42.3. The molecule has 8 nitrogen and oxygen atoms in total. The van der Waals surface area contributed by atoms with Gasteiger partial charge in [0.25, 0.3) is 0 Å². The molecular weight excluding hydrogens is 515 g/mol. The van der Waals surface area contributed by atoms with E-state index in [4.69, 9.17) is 23.2 Å². The Labute approximate surface area is 225 Å². The fourth-order valence-corrected chi connectivity index (χ4v) is 6.14. The van der Waals surface area contributed by atoms with Gasteiger partial charge in [-0.15, -0.1) is 0 Å².